The van der Waals surface area contributed by atoms with Crippen molar-refractivity contribution in [3.05, 3.63) is 29.6 Å². The van der Waals surface area contributed by atoms with Crippen molar-refractivity contribution < 1.29 is 18.7 Å². The first-order valence-corrected chi connectivity index (χ1v) is 7.42. The van der Waals surface area contributed by atoms with Gasteiger partial charge in [0.25, 0.3) is 5.91 Å². The largest absolute Gasteiger partial charge is 0.494 e. The monoisotopic (exact) mass is 346 g/mol. The molecule has 1 amide bonds. The van der Waals surface area contributed by atoms with E-state index in [9.17, 15) is 9.18 Å². The summed E-state index contributed by atoms with van der Waals surface area (Å²) in [5, 5.41) is 6.13. The van der Waals surface area contributed by atoms with Gasteiger partial charge < -0.3 is 20.1 Å². The number of carbonyl (C=O) groups excluding carboxylic acids is 1. The molecule has 0 bridgehead atoms. The van der Waals surface area contributed by atoms with Gasteiger partial charge in [-0.15, -0.1) is 12.4 Å². The van der Waals surface area contributed by atoms with Crippen molar-refractivity contribution in [1.82, 2.24) is 10.6 Å². The zero-order chi connectivity index (χ0) is 16.2. The summed E-state index contributed by atoms with van der Waals surface area (Å²) in [6.45, 7) is 3.31. The lowest BCUT2D eigenvalue weighted by Crippen LogP contribution is -2.54. The van der Waals surface area contributed by atoms with Gasteiger partial charge in [0, 0.05) is 7.11 Å². The number of hydrogen-bond acceptors (Lipinski definition) is 4. The van der Waals surface area contributed by atoms with Crippen molar-refractivity contribution >= 4 is 18.3 Å². The SMILES string of the molecule is COc1ccc(C(C)NC(=O)C2(OC)CCNCC2)cc1F.Cl. The van der Waals surface area contributed by atoms with Gasteiger partial charge in [-0.3, -0.25) is 4.79 Å². The van der Waals surface area contributed by atoms with E-state index < -0.39 is 11.4 Å². The first-order valence-electron chi connectivity index (χ1n) is 7.42. The second-order valence-corrected chi connectivity index (χ2v) is 5.54. The third-order valence-electron chi connectivity index (χ3n) is 4.24. The van der Waals surface area contributed by atoms with Gasteiger partial charge in [-0.05, 0) is 50.6 Å². The summed E-state index contributed by atoms with van der Waals surface area (Å²) in [5.41, 5.74) is -0.114. The first kappa shape index (κ1) is 19.7. The number of methoxy groups -OCH3 is 2. The number of amides is 1. The zero-order valence-corrected chi connectivity index (χ0v) is 14.5. The van der Waals surface area contributed by atoms with Crippen LogP contribution in [0.25, 0.3) is 0 Å². The molecular weight excluding hydrogens is 323 g/mol. The Labute approximate surface area is 142 Å². The molecule has 0 aliphatic carbocycles. The van der Waals surface area contributed by atoms with Gasteiger partial charge in [-0.1, -0.05) is 6.07 Å². The minimum Gasteiger partial charge on any atom is -0.494 e. The van der Waals surface area contributed by atoms with Gasteiger partial charge in [0.05, 0.1) is 13.2 Å². The van der Waals surface area contributed by atoms with Gasteiger partial charge in [0.1, 0.15) is 5.60 Å². The van der Waals surface area contributed by atoms with E-state index in [1.54, 1.807) is 19.2 Å². The summed E-state index contributed by atoms with van der Waals surface area (Å²) in [7, 11) is 2.98. The van der Waals surface area contributed by atoms with E-state index in [1.807, 2.05) is 6.92 Å². The maximum atomic E-state index is 13.8. The molecule has 1 aliphatic heterocycles. The molecule has 2 N–H and O–H groups in total. The van der Waals surface area contributed by atoms with Crippen LogP contribution >= 0.6 is 12.4 Å². The molecule has 1 aromatic rings. The molecular formula is C16H24ClFN2O3. The number of benzene rings is 1. The lowest BCUT2D eigenvalue weighted by Gasteiger charge is -2.35. The quantitative estimate of drug-likeness (QED) is 0.858. The van der Waals surface area contributed by atoms with Crippen LogP contribution in [0.4, 0.5) is 4.39 Å². The van der Waals surface area contributed by atoms with Gasteiger partial charge in [0.2, 0.25) is 0 Å². The molecule has 7 heteroatoms. The van der Waals surface area contributed by atoms with E-state index in [1.165, 1.54) is 13.2 Å². The van der Waals surface area contributed by atoms with E-state index in [0.29, 0.717) is 18.4 Å². The second-order valence-electron chi connectivity index (χ2n) is 5.54. The second kappa shape index (κ2) is 8.47. The fourth-order valence-corrected chi connectivity index (χ4v) is 2.72. The van der Waals surface area contributed by atoms with Crippen LogP contribution in [0.3, 0.4) is 0 Å². The van der Waals surface area contributed by atoms with Crippen LogP contribution in [0.2, 0.25) is 0 Å². The van der Waals surface area contributed by atoms with E-state index in [4.69, 9.17) is 9.47 Å². The van der Waals surface area contributed by atoms with Crippen molar-refractivity contribution in [2.24, 2.45) is 0 Å². The summed E-state index contributed by atoms with van der Waals surface area (Å²) in [6.07, 6.45) is 1.25. The van der Waals surface area contributed by atoms with Gasteiger partial charge in [0.15, 0.2) is 11.6 Å². The van der Waals surface area contributed by atoms with E-state index in [2.05, 4.69) is 10.6 Å². The molecule has 5 nitrogen and oxygen atoms in total. The Morgan fingerprint density at radius 1 is 1.35 bits per heavy atom. The average Bonchev–Trinajstić information content (AvgIpc) is 2.55. The minimum absolute atomic E-state index is 0. The highest BCUT2D eigenvalue weighted by atomic mass is 35.5. The van der Waals surface area contributed by atoms with Crippen LogP contribution in [-0.4, -0.2) is 38.8 Å². The van der Waals surface area contributed by atoms with Crippen LogP contribution in [0, 0.1) is 5.82 Å². The molecule has 130 valence electrons. The number of hydrogen-bond donors (Lipinski definition) is 2. The van der Waals surface area contributed by atoms with Crippen molar-refractivity contribution in [2.75, 3.05) is 27.3 Å². The van der Waals surface area contributed by atoms with Crippen molar-refractivity contribution in [3.63, 3.8) is 0 Å². The minimum atomic E-state index is -0.801. The molecule has 0 aromatic heterocycles. The average molecular weight is 347 g/mol. The molecule has 2 rings (SSSR count). The summed E-state index contributed by atoms with van der Waals surface area (Å²) in [5.74, 6) is -0.404. The number of ether oxygens (including phenoxy) is 2. The van der Waals surface area contributed by atoms with Crippen LogP contribution in [0.1, 0.15) is 31.4 Å². The Morgan fingerprint density at radius 2 is 2.00 bits per heavy atom. The summed E-state index contributed by atoms with van der Waals surface area (Å²) in [6, 6.07) is 4.37. The zero-order valence-electron chi connectivity index (χ0n) is 13.6. The number of rotatable bonds is 5. The number of piperidine rings is 1. The lowest BCUT2D eigenvalue weighted by atomic mass is 9.90. The Kier molecular flexibility index (Phi) is 7.25. The van der Waals surface area contributed by atoms with Gasteiger partial charge >= 0.3 is 0 Å². The molecule has 0 radical (unpaired) electrons. The normalized spacial score (nSPS) is 17.7. The molecule has 1 unspecified atom stereocenters. The van der Waals surface area contributed by atoms with E-state index in [0.717, 1.165) is 13.1 Å². The molecule has 1 fully saturated rings. The predicted molar refractivity (Wildman–Crippen MR) is 88.6 cm³/mol. The fraction of sp³-hybridized carbons (Fsp3) is 0.562. The van der Waals surface area contributed by atoms with Crippen molar-refractivity contribution in [3.8, 4) is 5.75 Å². The van der Waals surface area contributed by atoms with Crippen LogP contribution < -0.4 is 15.4 Å². The number of carbonyl (C=O) groups is 1. The lowest BCUT2D eigenvalue weighted by molar-refractivity contribution is -0.147. The standard InChI is InChI=1S/C16H23FN2O3.ClH/c1-11(12-4-5-14(21-2)13(17)10-12)19-15(20)16(22-3)6-8-18-9-7-16;/h4-5,10-11,18H,6-9H2,1-3H3,(H,19,20);1H. The highest BCUT2D eigenvalue weighted by Crippen LogP contribution is 2.26. The number of halogens is 2. The first-order chi connectivity index (χ1) is 10.5. The third-order valence-corrected chi connectivity index (χ3v) is 4.24. The topological polar surface area (TPSA) is 59.6 Å². The molecule has 1 atom stereocenters. The maximum Gasteiger partial charge on any atom is 0.252 e. The molecule has 23 heavy (non-hydrogen) atoms. The van der Waals surface area contributed by atoms with Crippen molar-refractivity contribution in [2.45, 2.75) is 31.4 Å². The van der Waals surface area contributed by atoms with E-state index in [-0.39, 0.29) is 30.1 Å². The van der Waals surface area contributed by atoms with Gasteiger partial charge in [-0.25, -0.2) is 4.39 Å². The predicted octanol–water partition coefficient (Wildman–Crippen LogP) is 2.20. The third kappa shape index (κ3) is 4.34. The highest BCUT2D eigenvalue weighted by molar-refractivity contribution is 5.86. The Balaban J connectivity index is 0.00000264. The Morgan fingerprint density at radius 3 is 2.52 bits per heavy atom. The van der Waals surface area contributed by atoms with Gasteiger partial charge in [-0.2, -0.15) is 0 Å². The Bertz CT molecular complexity index is 536. The summed E-state index contributed by atoms with van der Waals surface area (Å²) < 4.78 is 24.2. The molecule has 1 saturated heterocycles. The molecule has 0 saturated carbocycles. The van der Waals surface area contributed by atoms with Crippen LogP contribution in [-0.2, 0) is 9.53 Å². The highest BCUT2D eigenvalue weighted by Gasteiger charge is 2.40. The van der Waals surface area contributed by atoms with Crippen LogP contribution in [0.15, 0.2) is 18.2 Å². The van der Waals surface area contributed by atoms with E-state index >= 15 is 0 Å². The number of nitrogens with one attached hydrogen (secondary N) is 2. The molecule has 0 spiro atoms. The molecule has 1 heterocycles. The van der Waals surface area contributed by atoms with Crippen molar-refractivity contribution in [1.29, 1.82) is 0 Å². The molecule has 1 aliphatic rings. The summed E-state index contributed by atoms with van der Waals surface area (Å²) >= 11 is 0. The smallest absolute Gasteiger partial charge is 0.252 e. The summed E-state index contributed by atoms with van der Waals surface area (Å²) in [4.78, 5) is 12.6. The van der Waals surface area contributed by atoms with Crippen LogP contribution in [0.5, 0.6) is 5.75 Å². The molecule has 1 aromatic carbocycles. The maximum absolute atomic E-state index is 13.8. The fourth-order valence-electron chi connectivity index (χ4n) is 2.72. The Hall–Kier alpha value is -1.37.